The van der Waals surface area contributed by atoms with Crippen LogP contribution in [-0.4, -0.2) is 34.4 Å². The van der Waals surface area contributed by atoms with Crippen LogP contribution in [0.15, 0.2) is 16.1 Å². The highest BCUT2D eigenvalue weighted by atomic mass is 35.5. The van der Waals surface area contributed by atoms with Gasteiger partial charge in [0.25, 0.3) is 0 Å². The lowest BCUT2D eigenvalue weighted by Gasteiger charge is -2.26. The Hall–Kier alpha value is -0.0400. The molecule has 0 unspecified atom stereocenters. The van der Waals surface area contributed by atoms with E-state index in [4.69, 9.17) is 12.2 Å². The molecule has 1 aromatic rings. The monoisotopic (exact) mass is 323 g/mol. The van der Waals surface area contributed by atoms with Crippen LogP contribution in [0.5, 0.6) is 0 Å². The van der Waals surface area contributed by atoms with E-state index < -0.39 is 0 Å². The number of aromatic nitrogens is 2. The van der Waals surface area contributed by atoms with Crippen molar-refractivity contribution in [3.05, 3.63) is 15.7 Å². The summed E-state index contributed by atoms with van der Waals surface area (Å²) in [7, 11) is 2.19. The maximum absolute atomic E-state index is 5.00. The van der Waals surface area contributed by atoms with Gasteiger partial charge in [0.15, 0.2) is 8.29 Å². The molecule has 0 saturated heterocycles. The SMILES string of the molecule is CN1CCCC=C1CCCSc1n[nH]c(=S)s1.Cl. The first-order valence-electron chi connectivity index (χ1n) is 5.84. The number of nitrogens with one attached hydrogen (secondary N) is 1. The van der Waals surface area contributed by atoms with Crippen molar-refractivity contribution in [3.8, 4) is 0 Å². The normalized spacial score (nSPS) is 15.2. The molecular formula is C11H18ClN3S3. The Balaban J connectivity index is 0.00000162. The van der Waals surface area contributed by atoms with Crippen LogP contribution in [0.1, 0.15) is 25.7 Å². The highest BCUT2D eigenvalue weighted by Gasteiger charge is 2.08. The molecule has 0 aromatic carbocycles. The number of aromatic amines is 1. The van der Waals surface area contributed by atoms with E-state index in [1.165, 1.54) is 37.9 Å². The predicted molar refractivity (Wildman–Crippen MR) is 84.5 cm³/mol. The van der Waals surface area contributed by atoms with Crippen molar-refractivity contribution in [2.45, 2.75) is 30.0 Å². The molecule has 2 rings (SSSR count). The maximum atomic E-state index is 5.00. The van der Waals surface area contributed by atoms with Crippen LogP contribution in [-0.2, 0) is 0 Å². The van der Waals surface area contributed by atoms with E-state index in [2.05, 4.69) is 28.2 Å². The summed E-state index contributed by atoms with van der Waals surface area (Å²) in [6, 6.07) is 0. The molecule has 7 heteroatoms. The molecule has 1 N–H and O–H groups in total. The number of rotatable bonds is 5. The second-order valence-corrected chi connectivity index (χ2v) is 7.10. The lowest BCUT2D eigenvalue weighted by atomic mass is 10.1. The first kappa shape index (κ1) is 16.0. The summed E-state index contributed by atoms with van der Waals surface area (Å²) in [6.07, 6.45) is 7.30. The van der Waals surface area contributed by atoms with Crippen molar-refractivity contribution >= 4 is 47.7 Å². The average Bonchev–Trinajstić information content (AvgIpc) is 2.73. The van der Waals surface area contributed by atoms with E-state index in [1.807, 2.05) is 0 Å². The van der Waals surface area contributed by atoms with E-state index in [-0.39, 0.29) is 12.4 Å². The van der Waals surface area contributed by atoms with Gasteiger partial charge in [0.1, 0.15) is 0 Å². The average molecular weight is 324 g/mol. The minimum absolute atomic E-state index is 0. The zero-order chi connectivity index (χ0) is 12.1. The maximum Gasteiger partial charge on any atom is 0.177 e. The van der Waals surface area contributed by atoms with Crippen molar-refractivity contribution in [2.75, 3.05) is 19.3 Å². The van der Waals surface area contributed by atoms with E-state index in [1.54, 1.807) is 23.1 Å². The highest BCUT2D eigenvalue weighted by molar-refractivity contribution is 8.01. The van der Waals surface area contributed by atoms with Crippen LogP contribution in [0.25, 0.3) is 0 Å². The third kappa shape index (κ3) is 4.91. The fraction of sp³-hybridized carbons (Fsp3) is 0.636. The van der Waals surface area contributed by atoms with Gasteiger partial charge < -0.3 is 4.90 Å². The van der Waals surface area contributed by atoms with Gasteiger partial charge in [-0.15, -0.1) is 12.4 Å². The lowest BCUT2D eigenvalue weighted by molar-refractivity contribution is 0.372. The van der Waals surface area contributed by atoms with Gasteiger partial charge in [-0.05, 0) is 37.9 Å². The molecule has 0 radical (unpaired) electrons. The first-order chi connectivity index (χ1) is 8.25. The Morgan fingerprint density at radius 2 is 2.44 bits per heavy atom. The zero-order valence-electron chi connectivity index (χ0n) is 10.3. The van der Waals surface area contributed by atoms with Crippen LogP contribution < -0.4 is 0 Å². The Morgan fingerprint density at radius 3 is 3.11 bits per heavy atom. The molecule has 0 fully saturated rings. The van der Waals surface area contributed by atoms with E-state index in [0.717, 1.165) is 14.0 Å². The molecule has 0 bridgehead atoms. The van der Waals surface area contributed by atoms with Crippen LogP contribution in [0.3, 0.4) is 0 Å². The van der Waals surface area contributed by atoms with E-state index >= 15 is 0 Å². The van der Waals surface area contributed by atoms with Crippen LogP contribution in [0, 0.1) is 3.95 Å². The molecule has 1 aromatic heterocycles. The molecule has 1 aliphatic rings. The zero-order valence-corrected chi connectivity index (χ0v) is 13.6. The summed E-state index contributed by atoms with van der Waals surface area (Å²) in [5.74, 6) is 1.11. The molecule has 0 spiro atoms. The largest absolute Gasteiger partial charge is 0.378 e. The minimum atomic E-state index is 0. The van der Waals surface area contributed by atoms with Gasteiger partial charge in [-0.3, -0.25) is 5.10 Å². The van der Waals surface area contributed by atoms with Crippen molar-refractivity contribution in [1.82, 2.24) is 15.1 Å². The third-order valence-electron chi connectivity index (χ3n) is 2.79. The number of thioether (sulfide) groups is 1. The van der Waals surface area contributed by atoms with Crippen LogP contribution in [0.2, 0.25) is 0 Å². The molecule has 18 heavy (non-hydrogen) atoms. The second kappa shape index (κ2) is 8.19. The molecule has 1 aliphatic heterocycles. The number of H-pyrrole nitrogens is 1. The Labute approximate surface area is 127 Å². The van der Waals surface area contributed by atoms with Crippen molar-refractivity contribution in [3.63, 3.8) is 0 Å². The van der Waals surface area contributed by atoms with Gasteiger partial charge in [0, 0.05) is 25.0 Å². The van der Waals surface area contributed by atoms with Crippen LogP contribution in [0.4, 0.5) is 0 Å². The van der Waals surface area contributed by atoms with Gasteiger partial charge in [0.2, 0.25) is 0 Å². The van der Waals surface area contributed by atoms with Gasteiger partial charge in [-0.2, -0.15) is 5.10 Å². The van der Waals surface area contributed by atoms with Crippen molar-refractivity contribution in [2.24, 2.45) is 0 Å². The van der Waals surface area contributed by atoms with E-state index in [9.17, 15) is 0 Å². The van der Waals surface area contributed by atoms with Gasteiger partial charge in [0.05, 0.1) is 0 Å². The molecule has 0 atom stereocenters. The molecule has 3 nitrogen and oxygen atoms in total. The van der Waals surface area contributed by atoms with Crippen molar-refractivity contribution in [1.29, 1.82) is 0 Å². The number of nitrogens with zero attached hydrogens (tertiary/aromatic N) is 2. The lowest BCUT2D eigenvalue weighted by Crippen LogP contribution is -2.22. The summed E-state index contributed by atoms with van der Waals surface area (Å²) in [4.78, 5) is 2.38. The third-order valence-corrected chi connectivity index (χ3v) is 5.11. The topological polar surface area (TPSA) is 31.9 Å². The fourth-order valence-corrected chi connectivity index (χ4v) is 3.97. The molecular weight excluding hydrogens is 306 g/mol. The minimum Gasteiger partial charge on any atom is -0.378 e. The number of hydrogen-bond acceptors (Lipinski definition) is 5. The highest BCUT2D eigenvalue weighted by Crippen LogP contribution is 2.23. The van der Waals surface area contributed by atoms with Crippen LogP contribution >= 0.6 is 47.7 Å². The summed E-state index contributed by atoms with van der Waals surface area (Å²) >= 11 is 8.36. The first-order valence-corrected chi connectivity index (χ1v) is 8.05. The Kier molecular flexibility index (Phi) is 7.29. The predicted octanol–water partition coefficient (Wildman–Crippen LogP) is 4.10. The number of hydrogen-bond donors (Lipinski definition) is 1. The molecule has 2 heterocycles. The molecule has 0 aliphatic carbocycles. The second-order valence-electron chi connectivity index (χ2n) is 4.09. The standard InChI is InChI=1S/C11H17N3S3.ClH/c1-14-7-3-2-5-9(14)6-4-8-16-11-13-12-10(15)17-11;/h5H,2-4,6-8H2,1H3,(H,12,15);1H. The number of allylic oxidation sites excluding steroid dienone is 2. The van der Waals surface area contributed by atoms with Crippen molar-refractivity contribution < 1.29 is 0 Å². The summed E-state index contributed by atoms with van der Waals surface area (Å²) in [6.45, 7) is 1.21. The summed E-state index contributed by atoms with van der Waals surface area (Å²) < 4.78 is 1.82. The van der Waals surface area contributed by atoms with Gasteiger partial charge in [-0.25, -0.2) is 0 Å². The Morgan fingerprint density at radius 1 is 1.61 bits per heavy atom. The Bertz CT molecular complexity index is 441. The molecule has 0 saturated carbocycles. The molecule has 102 valence electrons. The fourth-order valence-electron chi connectivity index (χ4n) is 1.88. The van der Waals surface area contributed by atoms with Gasteiger partial charge in [-0.1, -0.05) is 29.2 Å². The van der Waals surface area contributed by atoms with E-state index in [0.29, 0.717) is 0 Å². The number of halogens is 1. The summed E-state index contributed by atoms with van der Waals surface area (Å²) in [5.41, 5.74) is 1.51. The smallest absolute Gasteiger partial charge is 0.177 e. The molecule has 0 amide bonds. The quantitative estimate of drug-likeness (QED) is 0.502. The summed E-state index contributed by atoms with van der Waals surface area (Å²) in [5, 5.41) is 6.95. The van der Waals surface area contributed by atoms with Gasteiger partial charge >= 0.3 is 0 Å².